The summed E-state index contributed by atoms with van der Waals surface area (Å²) in [5, 5.41) is 0. The van der Waals surface area contributed by atoms with E-state index in [0.29, 0.717) is 0 Å². The van der Waals surface area contributed by atoms with Crippen LogP contribution in [0.3, 0.4) is 0 Å². The molecule has 0 heteroatoms. The highest BCUT2D eigenvalue weighted by Crippen LogP contribution is 2.26. The van der Waals surface area contributed by atoms with E-state index in [-0.39, 0.29) is 0 Å². The second-order valence-corrected chi connectivity index (χ2v) is 4.33. The third-order valence-corrected chi connectivity index (χ3v) is 3.26. The van der Waals surface area contributed by atoms with Crippen molar-refractivity contribution in [1.29, 1.82) is 0 Å². The van der Waals surface area contributed by atoms with Crippen LogP contribution in [0.15, 0.2) is 0 Å². The summed E-state index contributed by atoms with van der Waals surface area (Å²) in [6, 6.07) is 0. The summed E-state index contributed by atoms with van der Waals surface area (Å²) in [7, 11) is 0. The Labute approximate surface area is 78.8 Å². The SMILES string of the molecule is CCC(CC)CC(CC)C(C)C. The Morgan fingerprint density at radius 3 is 1.58 bits per heavy atom. The molecule has 0 aromatic rings. The average Bonchev–Trinajstić information content (AvgIpc) is 2.06. The van der Waals surface area contributed by atoms with Gasteiger partial charge in [-0.25, -0.2) is 0 Å². The Hall–Kier alpha value is 0. The second-order valence-electron chi connectivity index (χ2n) is 4.33. The summed E-state index contributed by atoms with van der Waals surface area (Å²) < 4.78 is 0. The lowest BCUT2D eigenvalue weighted by Crippen LogP contribution is -2.12. The fourth-order valence-corrected chi connectivity index (χ4v) is 1.96. The first-order valence-electron chi connectivity index (χ1n) is 5.65. The molecule has 1 unspecified atom stereocenters. The molecular formula is C12H26. The van der Waals surface area contributed by atoms with E-state index in [0.717, 1.165) is 17.8 Å². The molecular weight excluding hydrogens is 144 g/mol. The van der Waals surface area contributed by atoms with Gasteiger partial charge in [0.1, 0.15) is 0 Å². The van der Waals surface area contributed by atoms with Crippen molar-refractivity contribution in [1.82, 2.24) is 0 Å². The Balaban J connectivity index is 3.82. The van der Waals surface area contributed by atoms with Crippen molar-refractivity contribution in [3.8, 4) is 0 Å². The number of rotatable bonds is 6. The van der Waals surface area contributed by atoms with Gasteiger partial charge in [0, 0.05) is 0 Å². The zero-order valence-corrected chi connectivity index (χ0v) is 9.56. The maximum absolute atomic E-state index is 2.36. The van der Waals surface area contributed by atoms with Crippen LogP contribution in [0.1, 0.15) is 60.3 Å². The third kappa shape index (κ3) is 4.13. The van der Waals surface area contributed by atoms with Crippen LogP contribution in [0.4, 0.5) is 0 Å². The molecule has 0 amide bonds. The molecule has 74 valence electrons. The minimum Gasteiger partial charge on any atom is -0.0651 e. The first kappa shape index (κ1) is 12.0. The molecule has 0 spiro atoms. The highest BCUT2D eigenvalue weighted by atomic mass is 14.2. The standard InChI is InChI=1S/C12H26/c1-6-11(7-2)9-12(8-3)10(4)5/h10-12H,6-9H2,1-5H3. The van der Waals surface area contributed by atoms with Gasteiger partial charge >= 0.3 is 0 Å². The minimum absolute atomic E-state index is 0.871. The third-order valence-electron chi connectivity index (χ3n) is 3.26. The molecule has 0 aliphatic carbocycles. The number of hydrogen-bond donors (Lipinski definition) is 0. The topological polar surface area (TPSA) is 0 Å². The molecule has 0 bridgehead atoms. The monoisotopic (exact) mass is 170 g/mol. The second kappa shape index (κ2) is 6.51. The Morgan fingerprint density at radius 2 is 1.33 bits per heavy atom. The smallest absolute Gasteiger partial charge is 0.0391 e. The molecule has 0 rings (SSSR count). The zero-order valence-electron chi connectivity index (χ0n) is 9.56. The normalized spacial score (nSPS) is 14.2. The van der Waals surface area contributed by atoms with Crippen molar-refractivity contribution in [2.45, 2.75) is 60.3 Å². The van der Waals surface area contributed by atoms with E-state index in [1.807, 2.05) is 0 Å². The molecule has 0 saturated carbocycles. The summed E-state index contributed by atoms with van der Waals surface area (Å²) in [5.74, 6) is 2.79. The summed E-state index contributed by atoms with van der Waals surface area (Å²) in [4.78, 5) is 0. The van der Waals surface area contributed by atoms with Crippen molar-refractivity contribution in [2.75, 3.05) is 0 Å². The summed E-state index contributed by atoms with van der Waals surface area (Å²) in [6.45, 7) is 11.7. The average molecular weight is 170 g/mol. The van der Waals surface area contributed by atoms with Gasteiger partial charge in [-0.2, -0.15) is 0 Å². The summed E-state index contributed by atoms with van der Waals surface area (Å²) in [5.41, 5.74) is 0. The van der Waals surface area contributed by atoms with Crippen molar-refractivity contribution in [3.63, 3.8) is 0 Å². The van der Waals surface area contributed by atoms with Gasteiger partial charge in [0.25, 0.3) is 0 Å². The van der Waals surface area contributed by atoms with Gasteiger partial charge in [-0.1, -0.05) is 53.9 Å². The fourth-order valence-electron chi connectivity index (χ4n) is 1.96. The van der Waals surface area contributed by atoms with Gasteiger partial charge in [0.05, 0.1) is 0 Å². The van der Waals surface area contributed by atoms with E-state index in [1.54, 1.807) is 0 Å². The van der Waals surface area contributed by atoms with Crippen LogP contribution in [0.5, 0.6) is 0 Å². The van der Waals surface area contributed by atoms with Gasteiger partial charge in [-0.05, 0) is 24.2 Å². The zero-order chi connectivity index (χ0) is 9.56. The Kier molecular flexibility index (Phi) is 6.51. The maximum atomic E-state index is 2.36. The first-order chi connectivity index (χ1) is 5.65. The van der Waals surface area contributed by atoms with Crippen LogP contribution in [0.2, 0.25) is 0 Å². The molecule has 0 saturated heterocycles. The van der Waals surface area contributed by atoms with Crippen LogP contribution >= 0.6 is 0 Å². The molecule has 12 heavy (non-hydrogen) atoms. The molecule has 0 aromatic heterocycles. The van der Waals surface area contributed by atoms with Crippen molar-refractivity contribution >= 4 is 0 Å². The predicted molar refractivity (Wildman–Crippen MR) is 57.3 cm³/mol. The van der Waals surface area contributed by atoms with Crippen LogP contribution < -0.4 is 0 Å². The van der Waals surface area contributed by atoms with Gasteiger partial charge in [-0.3, -0.25) is 0 Å². The molecule has 0 fully saturated rings. The molecule has 1 atom stereocenters. The first-order valence-corrected chi connectivity index (χ1v) is 5.65. The van der Waals surface area contributed by atoms with Gasteiger partial charge in [0.15, 0.2) is 0 Å². The lowest BCUT2D eigenvalue weighted by molar-refractivity contribution is 0.279. The largest absolute Gasteiger partial charge is 0.0651 e. The number of hydrogen-bond acceptors (Lipinski definition) is 0. The molecule has 0 aliphatic rings. The van der Waals surface area contributed by atoms with E-state index in [9.17, 15) is 0 Å². The van der Waals surface area contributed by atoms with Gasteiger partial charge in [-0.15, -0.1) is 0 Å². The minimum atomic E-state index is 0.871. The Morgan fingerprint density at radius 1 is 0.833 bits per heavy atom. The quantitative estimate of drug-likeness (QED) is 0.551. The van der Waals surface area contributed by atoms with E-state index >= 15 is 0 Å². The van der Waals surface area contributed by atoms with Crippen LogP contribution in [0.25, 0.3) is 0 Å². The van der Waals surface area contributed by atoms with E-state index < -0.39 is 0 Å². The summed E-state index contributed by atoms with van der Waals surface area (Å²) >= 11 is 0. The van der Waals surface area contributed by atoms with Crippen LogP contribution in [0, 0.1) is 17.8 Å². The van der Waals surface area contributed by atoms with E-state index in [1.165, 1.54) is 25.7 Å². The van der Waals surface area contributed by atoms with Crippen molar-refractivity contribution in [3.05, 3.63) is 0 Å². The Bertz CT molecular complexity index is 90.2. The van der Waals surface area contributed by atoms with Gasteiger partial charge < -0.3 is 0 Å². The molecule has 0 N–H and O–H groups in total. The molecule has 0 nitrogen and oxygen atoms in total. The van der Waals surface area contributed by atoms with Gasteiger partial charge in [0.2, 0.25) is 0 Å². The predicted octanol–water partition coefficient (Wildman–Crippen LogP) is 4.49. The van der Waals surface area contributed by atoms with E-state index in [2.05, 4.69) is 34.6 Å². The highest BCUT2D eigenvalue weighted by Gasteiger charge is 2.15. The maximum Gasteiger partial charge on any atom is -0.0391 e. The van der Waals surface area contributed by atoms with Crippen molar-refractivity contribution in [2.24, 2.45) is 17.8 Å². The van der Waals surface area contributed by atoms with Crippen LogP contribution in [-0.4, -0.2) is 0 Å². The summed E-state index contributed by atoms with van der Waals surface area (Å²) in [6.07, 6.45) is 5.52. The molecule has 0 aromatic carbocycles. The fraction of sp³-hybridized carbons (Fsp3) is 1.00. The van der Waals surface area contributed by atoms with E-state index in [4.69, 9.17) is 0 Å². The molecule has 0 heterocycles. The molecule has 0 radical (unpaired) electrons. The lowest BCUT2D eigenvalue weighted by Gasteiger charge is -2.23. The van der Waals surface area contributed by atoms with Crippen molar-refractivity contribution < 1.29 is 0 Å². The highest BCUT2D eigenvalue weighted by molar-refractivity contribution is 4.66. The lowest BCUT2D eigenvalue weighted by atomic mass is 9.83. The molecule has 0 aliphatic heterocycles. The van der Waals surface area contributed by atoms with Crippen LogP contribution in [-0.2, 0) is 0 Å².